The minimum atomic E-state index is -0.663. The van der Waals surface area contributed by atoms with Crippen molar-refractivity contribution in [2.24, 2.45) is 0 Å². The lowest BCUT2D eigenvalue weighted by Gasteiger charge is -2.13. The number of benzene rings is 2. The maximum Gasteiger partial charge on any atom is 0.331 e. The maximum absolute atomic E-state index is 12.2. The van der Waals surface area contributed by atoms with E-state index in [0.29, 0.717) is 0 Å². The molecule has 0 radical (unpaired) electrons. The van der Waals surface area contributed by atoms with E-state index in [2.05, 4.69) is 15.6 Å². The van der Waals surface area contributed by atoms with E-state index in [1.807, 2.05) is 63.2 Å². The van der Waals surface area contributed by atoms with Gasteiger partial charge in [-0.3, -0.25) is 14.6 Å². The molecule has 3 rings (SSSR count). The predicted octanol–water partition coefficient (Wildman–Crippen LogP) is 3.47. The Morgan fingerprint density at radius 1 is 1.00 bits per heavy atom. The van der Waals surface area contributed by atoms with E-state index >= 15 is 0 Å². The molecule has 0 saturated carbocycles. The molecule has 0 spiro atoms. The highest BCUT2D eigenvalue weighted by Crippen LogP contribution is 2.21. The van der Waals surface area contributed by atoms with Crippen molar-refractivity contribution in [3.8, 4) is 0 Å². The Morgan fingerprint density at radius 2 is 1.72 bits per heavy atom. The number of para-hydroxylation sites is 1. The first-order valence-electron chi connectivity index (χ1n) is 10.2. The van der Waals surface area contributed by atoms with Gasteiger partial charge in [-0.25, -0.2) is 4.79 Å². The third-order valence-corrected chi connectivity index (χ3v) is 4.80. The van der Waals surface area contributed by atoms with Crippen molar-refractivity contribution < 1.29 is 19.1 Å². The van der Waals surface area contributed by atoms with Gasteiger partial charge in [0.15, 0.2) is 6.61 Å². The summed E-state index contributed by atoms with van der Waals surface area (Å²) in [5.41, 5.74) is 5.27. The zero-order valence-electron chi connectivity index (χ0n) is 18.3. The summed E-state index contributed by atoms with van der Waals surface area (Å²) in [6.45, 7) is 5.11. The van der Waals surface area contributed by atoms with Crippen LogP contribution in [0, 0.1) is 20.8 Å². The normalized spacial score (nSPS) is 10.8. The van der Waals surface area contributed by atoms with Crippen LogP contribution in [0.5, 0.6) is 0 Å². The smallest absolute Gasteiger partial charge is 0.331 e. The van der Waals surface area contributed by atoms with Crippen molar-refractivity contribution in [2.75, 3.05) is 18.5 Å². The molecule has 0 saturated heterocycles. The number of nitrogens with one attached hydrogen (secondary N) is 2. The number of amides is 2. The van der Waals surface area contributed by atoms with Crippen LogP contribution in [0.4, 0.5) is 5.69 Å². The average Bonchev–Trinajstić information content (AvgIpc) is 2.77. The van der Waals surface area contributed by atoms with Crippen LogP contribution in [0.15, 0.2) is 54.7 Å². The molecule has 0 unspecified atom stereocenters. The molecule has 3 aromatic rings. The SMILES string of the molecule is Cc1cc(C)c(NC(=O)CNC(=O)COC(=O)/C=C/c2cccc3cccnc23)c(C)c1. The number of esters is 1. The fourth-order valence-corrected chi connectivity index (χ4v) is 3.40. The number of ether oxygens (including phenoxy) is 1. The van der Waals surface area contributed by atoms with E-state index in [9.17, 15) is 14.4 Å². The summed E-state index contributed by atoms with van der Waals surface area (Å²) >= 11 is 0. The number of aromatic nitrogens is 1. The lowest BCUT2D eigenvalue weighted by Crippen LogP contribution is -2.35. The Hall–Kier alpha value is -4.00. The molecule has 2 N–H and O–H groups in total. The largest absolute Gasteiger partial charge is 0.452 e. The number of aryl methyl sites for hydroxylation is 3. The van der Waals surface area contributed by atoms with Gasteiger partial charge in [0.2, 0.25) is 5.91 Å². The third-order valence-electron chi connectivity index (χ3n) is 4.80. The molecular formula is C25H25N3O4. The van der Waals surface area contributed by atoms with Crippen LogP contribution in [-0.2, 0) is 19.1 Å². The van der Waals surface area contributed by atoms with Gasteiger partial charge >= 0.3 is 5.97 Å². The third kappa shape index (κ3) is 6.01. The monoisotopic (exact) mass is 431 g/mol. The molecule has 2 aromatic carbocycles. The number of fused-ring (bicyclic) bond motifs is 1. The van der Waals surface area contributed by atoms with Crippen LogP contribution >= 0.6 is 0 Å². The molecule has 164 valence electrons. The second kappa shape index (κ2) is 10.3. The van der Waals surface area contributed by atoms with Gasteiger partial charge in [-0.2, -0.15) is 0 Å². The van der Waals surface area contributed by atoms with E-state index in [4.69, 9.17) is 4.74 Å². The van der Waals surface area contributed by atoms with Crippen molar-refractivity contribution in [3.63, 3.8) is 0 Å². The van der Waals surface area contributed by atoms with E-state index in [1.165, 1.54) is 6.08 Å². The van der Waals surface area contributed by atoms with Gasteiger partial charge in [-0.05, 0) is 44.0 Å². The molecule has 0 aliphatic rings. The molecule has 0 bridgehead atoms. The van der Waals surface area contributed by atoms with E-state index in [-0.39, 0.29) is 12.5 Å². The Balaban J connectivity index is 1.46. The molecule has 7 nitrogen and oxygen atoms in total. The van der Waals surface area contributed by atoms with Gasteiger partial charge in [-0.15, -0.1) is 0 Å². The summed E-state index contributed by atoms with van der Waals surface area (Å²) in [7, 11) is 0. The standard InChI is InChI=1S/C25H25N3O4/c1-16-12-17(2)24(18(3)13-16)28-21(29)14-27-22(30)15-32-23(31)10-9-20-7-4-6-19-8-5-11-26-25(19)20/h4-13H,14-15H2,1-3H3,(H,27,30)(H,28,29)/b10-9+. The molecular weight excluding hydrogens is 406 g/mol. The number of anilines is 1. The van der Waals surface area contributed by atoms with Crippen LogP contribution in [0.25, 0.3) is 17.0 Å². The molecule has 0 atom stereocenters. The summed E-state index contributed by atoms with van der Waals surface area (Å²) in [4.78, 5) is 40.4. The van der Waals surface area contributed by atoms with Crippen LogP contribution in [0.3, 0.4) is 0 Å². The Labute approximate surface area is 186 Å². The fraction of sp³-hybridized carbons (Fsp3) is 0.200. The Morgan fingerprint density at radius 3 is 2.47 bits per heavy atom. The van der Waals surface area contributed by atoms with Gasteiger partial charge in [-0.1, -0.05) is 42.0 Å². The van der Waals surface area contributed by atoms with Crippen molar-refractivity contribution in [1.29, 1.82) is 0 Å². The molecule has 1 heterocycles. The molecule has 32 heavy (non-hydrogen) atoms. The van der Waals surface area contributed by atoms with Crippen molar-refractivity contribution >= 4 is 40.4 Å². The summed E-state index contributed by atoms with van der Waals surface area (Å²) in [5, 5.41) is 6.20. The number of hydrogen-bond acceptors (Lipinski definition) is 5. The fourth-order valence-electron chi connectivity index (χ4n) is 3.40. The lowest BCUT2D eigenvalue weighted by atomic mass is 10.1. The zero-order chi connectivity index (χ0) is 23.1. The van der Waals surface area contributed by atoms with Gasteiger partial charge in [0, 0.05) is 28.9 Å². The summed E-state index contributed by atoms with van der Waals surface area (Å²) < 4.78 is 4.95. The number of rotatable bonds is 7. The second-order valence-corrected chi connectivity index (χ2v) is 7.46. The highest BCUT2D eigenvalue weighted by atomic mass is 16.5. The van der Waals surface area contributed by atoms with E-state index < -0.39 is 18.5 Å². The number of carbonyl (C=O) groups is 3. The van der Waals surface area contributed by atoms with Crippen molar-refractivity contribution in [3.05, 3.63) is 77.0 Å². The zero-order valence-corrected chi connectivity index (χ0v) is 18.3. The van der Waals surface area contributed by atoms with Crippen LogP contribution in [0.1, 0.15) is 22.3 Å². The molecule has 2 amide bonds. The molecule has 1 aromatic heterocycles. The Bertz CT molecular complexity index is 1170. The van der Waals surface area contributed by atoms with Crippen molar-refractivity contribution in [1.82, 2.24) is 10.3 Å². The van der Waals surface area contributed by atoms with Gasteiger partial charge in [0.1, 0.15) is 0 Å². The van der Waals surface area contributed by atoms with Gasteiger partial charge < -0.3 is 15.4 Å². The number of hydrogen-bond donors (Lipinski definition) is 2. The Kier molecular flexibility index (Phi) is 7.33. The molecule has 7 heteroatoms. The number of pyridine rings is 1. The summed E-state index contributed by atoms with van der Waals surface area (Å²) in [6, 6.07) is 13.4. The van der Waals surface area contributed by atoms with Gasteiger partial charge in [0.25, 0.3) is 5.91 Å². The first kappa shape index (κ1) is 22.7. The first-order valence-corrected chi connectivity index (χ1v) is 10.2. The van der Waals surface area contributed by atoms with E-state index in [0.717, 1.165) is 38.8 Å². The van der Waals surface area contributed by atoms with E-state index in [1.54, 1.807) is 12.3 Å². The first-order chi connectivity index (χ1) is 15.3. The number of carbonyl (C=O) groups excluding carboxylic acids is 3. The lowest BCUT2D eigenvalue weighted by molar-refractivity contribution is -0.143. The summed E-state index contributed by atoms with van der Waals surface area (Å²) in [6.07, 6.45) is 4.52. The maximum atomic E-state index is 12.2. The number of nitrogens with zero attached hydrogens (tertiary/aromatic N) is 1. The second-order valence-electron chi connectivity index (χ2n) is 7.46. The highest BCUT2D eigenvalue weighted by Gasteiger charge is 2.11. The summed E-state index contributed by atoms with van der Waals surface area (Å²) in [5.74, 6) is -1.59. The highest BCUT2D eigenvalue weighted by molar-refractivity contribution is 5.97. The molecule has 0 aliphatic carbocycles. The predicted molar refractivity (Wildman–Crippen MR) is 124 cm³/mol. The minimum Gasteiger partial charge on any atom is -0.452 e. The van der Waals surface area contributed by atoms with Crippen LogP contribution in [0.2, 0.25) is 0 Å². The molecule has 0 aliphatic heterocycles. The van der Waals surface area contributed by atoms with Gasteiger partial charge in [0.05, 0.1) is 12.1 Å². The van der Waals surface area contributed by atoms with Crippen LogP contribution < -0.4 is 10.6 Å². The average molecular weight is 431 g/mol. The quantitative estimate of drug-likeness (QED) is 0.441. The van der Waals surface area contributed by atoms with Crippen LogP contribution in [-0.4, -0.2) is 35.9 Å². The minimum absolute atomic E-state index is 0.222. The van der Waals surface area contributed by atoms with Crippen molar-refractivity contribution in [2.45, 2.75) is 20.8 Å². The topological polar surface area (TPSA) is 97.4 Å². The molecule has 0 fully saturated rings.